The van der Waals surface area contributed by atoms with Gasteiger partial charge in [-0.1, -0.05) is 5.16 Å². The monoisotopic (exact) mass is 399 g/mol. The fourth-order valence-electron chi connectivity index (χ4n) is 3.44. The van der Waals surface area contributed by atoms with Gasteiger partial charge < -0.3 is 14.2 Å². The molecule has 0 saturated carbocycles. The van der Waals surface area contributed by atoms with Crippen LogP contribution in [0.25, 0.3) is 11.4 Å². The van der Waals surface area contributed by atoms with Crippen LogP contribution in [0.1, 0.15) is 37.3 Å². The molecule has 1 aliphatic rings. The van der Waals surface area contributed by atoms with Gasteiger partial charge in [-0.2, -0.15) is 4.98 Å². The summed E-state index contributed by atoms with van der Waals surface area (Å²) in [5.41, 5.74) is 1.13. The van der Waals surface area contributed by atoms with E-state index in [4.69, 9.17) is 9.26 Å². The molecule has 29 heavy (non-hydrogen) atoms. The number of hydrogen-bond donors (Lipinski definition) is 0. The summed E-state index contributed by atoms with van der Waals surface area (Å²) in [6, 6.07) is 10.1. The lowest BCUT2D eigenvalue weighted by molar-refractivity contribution is -0.130. The summed E-state index contributed by atoms with van der Waals surface area (Å²) in [5.74, 6) is -0.0383. The molecule has 1 amide bonds. The second-order valence-electron chi connectivity index (χ2n) is 6.77. The van der Waals surface area contributed by atoms with Crippen LogP contribution < -0.4 is 4.74 Å². The zero-order valence-corrected chi connectivity index (χ0v) is 15.8. The summed E-state index contributed by atoms with van der Waals surface area (Å²) >= 11 is 0. The number of halogens is 2. The van der Waals surface area contributed by atoms with Gasteiger partial charge in [-0.3, -0.25) is 4.79 Å². The first-order valence-corrected chi connectivity index (χ1v) is 9.34. The number of hydrogen-bond acceptors (Lipinski definition) is 5. The van der Waals surface area contributed by atoms with Gasteiger partial charge >= 0.3 is 0 Å². The standard InChI is InChI=1S/C21H19F2N3O3/c1-2-28-17-5-3-14(4-6-17)20-24-21(29-25-20)18-7-8-19(27)26(18)12-13-9-15(22)11-16(23)10-13/h3-6,9-11,18H,2,7-8,12H2,1H3. The van der Waals surface area contributed by atoms with E-state index in [1.54, 1.807) is 0 Å². The van der Waals surface area contributed by atoms with E-state index in [0.29, 0.717) is 36.7 Å². The number of aromatic nitrogens is 2. The summed E-state index contributed by atoms with van der Waals surface area (Å²) < 4.78 is 37.8. The Morgan fingerprint density at radius 3 is 2.59 bits per heavy atom. The molecule has 3 aromatic rings. The third-order valence-electron chi connectivity index (χ3n) is 4.75. The van der Waals surface area contributed by atoms with Crippen molar-refractivity contribution in [3.8, 4) is 17.1 Å². The molecule has 0 spiro atoms. The second-order valence-corrected chi connectivity index (χ2v) is 6.77. The Bertz CT molecular complexity index is 1000. The van der Waals surface area contributed by atoms with Crippen LogP contribution in [0.2, 0.25) is 0 Å². The zero-order chi connectivity index (χ0) is 20.4. The topological polar surface area (TPSA) is 68.5 Å². The van der Waals surface area contributed by atoms with E-state index in [1.807, 2.05) is 31.2 Å². The van der Waals surface area contributed by atoms with Crippen LogP contribution in [0, 0.1) is 11.6 Å². The molecule has 1 aromatic heterocycles. The van der Waals surface area contributed by atoms with E-state index < -0.39 is 17.7 Å². The molecule has 2 aromatic carbocycles. The van der Waals surface area contributed by atoms with Crippen LogP contribution in [0.4, 0.5) is 8.78 Å². The molecule has 1 aliphatic heterocycles. The van der Waals surface area contributed by atoms with E-state index in [0.717, 1.165) is 17.4 Å². The average Bonchev–Trinajstić information content (AvgIpc) is 3.30. The van der Waals surface area contributed by atoms with Crippen molar-refractivity contribution in [2.75, 3.05) is 6.61 Å². The minimum Gasteiger partial charge on any atom is -0.494 e. The van der Waals surface area contributed by atoms with Gasteiger partial charge in [0.1, 0.15) is 23.4 Å². The van der Waals surface area contributed by atoms with Crippen LogP contribution in [0.3, 0.4) is 0 Å². The molecule has 1 fully saturated rings. The Morgan fingerprint density at radius 1 is 1.17 bits per heavy atom. The lowest BCUT2D eigenvalue weighted by Gasteiger charge is -2.22. The minimum atomic E-state index is -0.682. The Balaban J connectivity index is 1.54. The molecule has 2 heterocycles. The van der Waals surface area contributed by atoms with Gasteiger partial charge in [-0.15, -0.1) is 0 Å². The molecule has 150 valence electrons. The molecule has 6 nitrogen and oxygen atoms in total. The van der Waals surface area contributed by atoms with Crippen molar-refractivity contribution in [2.45, 2.75) is 32.4 Å². The Kier molecular flexibility index (Phi) is 5.24. The lowest BCUT2D eigenvalue weighted by Crippen LogP contribution is -2.27. The van der Waals surface area contributed by atoms with Gasteiger partial charge in [-0.05, 0) is 55.3 Å². The van der Waals surface area contributed by atoms with E-state index in [1.165, 1.54) is 17.0 Å². The maximum Gasteiger partial charge on any atom is 0.249 e. The van der Waals surface area contributed by atoms with Crippen molar-refractivity contribution < 1.29 is 22.8 Å². The average molecular weight is 399 g/mol. The number of rotatable bonds is 6. The van der Waals surface area contributed by atoms with Gasteiger partial charge in [0.25, 0.3) is 0 Å². The Morgan fingerprint density at radius 2 is 1.90 bits per heavy atom. The van der Waals surface area contributed by atoms with Crippen molar-refractivity contribution in [3.63, 3.8) is 0 Å². The maximum absolute atomic E-state index is 13.5. The highest BCUT2D eigenvalue weighted by atomic mass is 19.1. The number of benzene rings is 2. The van der Waals surface area contributed by atoms with E-state index in [9.17, 15) is 13.6 Å². The smallest absolute Gasteiger partial charge is 0.249 e. The van der Waals surface area contributed by atoms with E-state index in [-0.39, 0.29) is 12.5 Å². The first kappa shape index (κ1) is 19.0. The second kappa shape index (κ2) is 7.98. The van der Waals surface area contributed by atoms with Gasteiger partial charge in [0.15, 0.2) is 0 Å². The van der Waals surface area contributed by atoms with Gasteiger partial charge in [-0.25, -0.2) is 8.78 Å². The number of carbonyl (C=O) groups excluding carboxylic acids is 1. The first-order valence-electron chi connectivity index (χ1n) is 9.34. The first-order chi connectivity index (χ1) is 14.0. The third-order valence-corrected chi connectivity index (χ3v) is 4.75. The van der Waals surface area contributed by atoms with E-state index in [2.05, 4.69) is 10.1 Å². The molecular weight excluding hydrogens is 380 g/mol. The predicted molar refractivity (Wildman–Crippen MR) is 99.8 cm³/mol. The minimum absolute atomic E-state index is 0.0684. The van der Waals surface area contributed by atoms with Gasteiger partial charge in [0, 0.05) is 24.6 Å². The zero-order valence-electron chi connectivity index (χ0n) is 15.8. The highest BCUT2D eigenvalue weighted by Crippen LogP contribution is 2.34. The molecule has 0 aliphatic carbocycles. The van der Waals surface area contributed by atoms with Gasteiger partial charge in [0.2, 0.25) is 17.6 Å². The SMILES string of the molecule is CCOc1ccc(-c2noc(C3CCC(=O)N3Cc3cc(F)cc(F)c3)n2)cc1. The molecular formula is C21H19F2N3O3. The summed E-state index contributed by atoms with van der Waals surface area (Å²) in [4.78, 5) is 18.3. The maximum atomic E-state index is 13.5. The molecule has 1 atom stereocenters. The normalized spacial score (nSPS) is 16.4. The van der Waals surface area contributed by atoms with E-state index >= 15 is 0 Å². The summed E-state index contributed by atoms with van der Waals surface area (Å²) in [6.07, 6.45) is 0.810. The molecule has 4 rings (SSSR count). The molecule has 0 N–H and O–H groups in total. The van der Waals surface area contributed by atoms with Gasteiger partial charge in [0.05, 0.1) is 6.61 Å². The van der Waals surface area contributed by atoms with Crippen LogP contribution in [0.15, 0.2) is 47.0 Å². The predicted octanol–water partition coefficient (Wildman–Crippen LogP) is 4.28. The fourth-order valence-corrected chi connectivity index (χ4v) is 3.44. The Hall–Kier alpha value is -3.29. The van der Waals surface area contributed by atoms with Crippen molar-refractivity contribution in [3.05, 3.63) is 65.6 Å². The van der Waals surface area contributed by atoms with Crippen LogP contribution in [-0.2, 0) is 11.3 Å². The summed E-state index contributed by atoms with van der Waals surface area (Å²) in [7, 11) is 0. The fraction of sp³-hybridized carbons (Fsp3) is 0.286. The highest BCUT2D eigenvalue weighted by Gasteiger charge is 2.36. The van der Waals surface area contributed by atoms with Crippen LogP contribution >= 0.6 is 0 Å². The van der Waals surface area contributed by atoms with Crippen molar-refractivity contribution in [1.29, 1.82) is 0 Å². The third kappa shape index (κ3) is 4.11. The van der Waals surface area contributed by atoms with Crippen molar-refractivity contribution in [2.24, 2.45) is 0 Å². The van der Waals surface area contributed by atoms with Crippen molar-refractivity contribution in [1.82, 2.24) is 15.0 Å². The summed E-state index contributed by atoms with van der Waals surface area (Å²) in [6.45, 7) is 2.55. The highest BCUT2D eigenvalue weighted by molar-refractivity contribution is 5.78. The lowest BCUT2D eigenvalue weighted by atomic mass is 10.1. The number of amides is 1. The quantitative estimate of drug-likeness (QED) is 0.619. The number of likely N-dealkylation sites (tertiary alicyclic amines) is 1. The summed E-state index contributed by atoms with van der Waals surface area (Å²) in [5, 5.41) is 4.02. The van der Waals surface area contributed by atoms with Crippen LogP contribution in [-0.4, -0.2) is 27.6 Å². The van der Waals surface area contributed by atoms with Crippen LogP contribution in [0.5, 0.6) is 5.75 Å². The van der Waals surface area contributed by atoms with Crippen molar-refractivity contribution >= 4 is 5.91 Å². The number of carbonyl (C=O) groups is 1. The molecule has 1 saturated heterocycles. The molecule has 0 bridgehead atoms. The number of ether oxygens (including phenoxy) is 1. The largest absolute Gasteiger partial charge is 0.494 e. The Labute approximate surface area is 166 Å². The number of nitrogens with zero attached hydrogens (tertiary/aromatic N) is 3. The molecule has 0 radical (unpaired) electrons. The molecule has 1 unspecified atom stereocenters. The molecule has 8 heteroatoms.